The van der Waals surface area contributed by atoms with Crippen LogP contribution in [-0.4, -0.2) is 20.0 Å². The van der Waals surface area contributed by atoms with Crippen LogP contribution in [0.5, 0.6) is 0 Å². The van der Waals surface area contributed by atoms with E-state index in [1.807, 2.05) is 0 Å². The summed E-state index contributed by atoms with van der Waals surface area (Å²) in [7, 11) is -3.42. The van der Waals surface area contributed by atoms with E-state index in [0.29, 0.717) is 11.4 Å². The van der Waals surface area contributed by atoms with Crippen molar-refractivity contribution in [2.24, 2.45) is 5.73 Å². The van der Waals surface area contributed by atoms with Crippen molar-refractivity contribution in [2.45, 2.75) is 11.3 Å². The van der Waals surface area contributed by atoms with Gasteiger partial charge in [-0.1, -0.05) is 30.4 Å². The summed E-state index contributed by atoms with van der Waals surface area (Å²) in [5.74, 6) is 0. The Morgan fingerprint density at radius 2 is 1.93 bits per heavy atom. The highest BCUT2D eigenvalue weighted by Gasteiger charge is 2.11. The monoisotopic (exact) mass is 244 g/mol. The van der Waals surface area contributed by atoms with Crippen molar-refractivity contribution in [3.05, 3.63) is 30.3 Å². The lowest BCUT2D eigenvalue weighted by molar-refractivity contribution is 0.583. The van der Waals surface area contributed by atoms with Crippen molar-refractivity contribution in [1.82, 2.24) is 4.72 Å². The molecule has 0 heterocycles. The highest BCUT2D eigenvalue weighted by molar-refractivity contribution is 7.89. The maximum Gasteiger partial charge on any atom is 0.240 e. The molecule has 0 aliphatic heterocycles. The first-order valence-electron chi connectivity index (χ1n) is 4.35. The quantitative estimate of drug-likeness (QED) is 0.746. The predicted molar refractivity (Wildman–Crippen MR) is 63.0 cm³/mol. The zero-order chi connectivity index (χ0) is 11.3. The third-order valence-corrected chi connectivity index (χ3v) is 3.40. The Morgan fingerprint density at radius 1 is 1.33 bits per heavy atom. The molecule has 0 radical (unpaired) electrons. The number of nitrogens with one attached hydrogen (secondary N) is 1. The Morgan fingerprint density at radius 3 is 2.47 bits per heavy atom. The second-order valence-corrected chi connectivity index (χ2v) is 5.22. The van der Waals surface area contributed by atoms with E-state index in [9.17, 15) is 8.42 Å². The molecule has 0 unspecified atom stereocenters. The van der Waals surface area contributed by atoms with E-state index in [2.05, 4.69) is 16.9 Å². The summed E-state index contributed by atoms with van der Waals surface area (Å²) in [5.41, 5.74) is 5.26. The summed E-state index contributed by atoms with van der Waals surface area (Å²) < 4.78 is 25.6. The number of benzene rings is 1. The summed E-state index contributed by atoms with van der Waals surface area (Å²) in [4.78, 5) is 0.540. The Bertz CT molecular complexity index is 429. The maximum absolute atomic E-state index is 11.6. The van der Waals surface area contributed by atoms with Crippen LogP contribution < -0.4 is 10.5 Å². The summed E-state index contributed by atoms with van der Waals surface area (Å²) in [5, 5.41) is 0. The lowest BCUT2D eigenvalue weighted by atomic mass is 10.4. The topological polar surface area (TPSA) is 72.2 Å². The van der Waals surface area contributed by atoms with E-state index in [1.54, 1.807) is 18.2 Å². The van der Waals surface area contributed by atoms with Gasteiger partial charge < -0.3 is 5.73 Å². The van der Waals surface area contributed by atoms with Crippen molar-refractivity contribution in [1.29, 1.82) is 0 Å². The first-order chi connectivity index (χ1) is 7.02. The summed E-state index contributed by atoms with van der Waals surface area (Å²) in [6.45, 7) is 0.229. The molecular formula is C9H12N2O2S2. The molecule has 0 saturated carbocycles. The molecule has 0 aliphatic carbocycles. The molecule has 0 aliphatic rings. The standard InChI is InChI=1S/C9H12N2O2S2/c10-9(14)6-7-11-15(12,13)8-4-2-1-3-5-8/h1-5,11H,6-7H2,(H2,10,14). The van der Waals surface area contributed by atoms with Gasteiger partial charge in [-0.05, 0) is 12.1 Å². The van der Waals surface area contributed by atoms with Crippen LogP contribution in [-0.2, 0) is 10.0 Å². The van der Waals surface area contributed by atoms with Gasteiger partial charge in [0, 0.05) is 13.0 Å². The van der Waals surface area contributed by atoms with Gasteiger partial charge in [0.05, 0.1) is 9.88 Å². The summed E-state index contributed by atoms with van der Waals surface area (Å²) in [6.07, 6.45) is 0.362. The molecule has 15 heavy (non-hydrogen) atoms. The predicted octanol–water partition coefficient (Wildman–Crippen LogP) is 0.641. The number of sulfonamides is 1. The van der Waals surface area contributed by atoms with Gasteiger partial charge >= 0.3 is 0 Å². The van der Waals surface area contributed by atoms with Gasteiger partial charge in [-0.25, -0.2) is 13.1 Å². The van der Waals surface area contributed by atoms with Gasteiger partial charge in [-0.2, -0.15) is 0 Å². The highest BCUT2D eigenvalue weighted by Crippen LogP contribution is 2.06. The van der Waals surface area contributed by atoms with Crippen LogP contribution >= 0.6 is 12.2 Å². The number of thiocarbonyl (C=S) groups is 1. The fourth-order valence-corrected chi connectivity index (χ4v) is 2.15. The van der Waals surface area contributed by atoms with Crippen molar-refractivity contribution < 1.29 is 8.42 Å². The lowest BCUT2D eigenvalue weighted by Gasteiger charge is -2.05. The Hall–Kier alpha value is -0.980. The zero-order valence-corrected chi connectivity index (χ0v) is 9.64. The van der Waals surface area contributed by atoms with Crippen LogP contribution in [0.2, 0.25) is 0 Å². The second-order valence-electron chi connectivity index (χ2n) is 2.93. The minimum absolute atomic E-state index is 0.229. The molecular weight excluding hydrogens is 232 g/mol. The van der Waals surface area contributed by atoms with E-state index in [-0.39, 0.29) is 11.4 Å². The van der Waals surface area contributed by atoms with Crippen molar-refractivity contribution >= 4 is 27.2 Å². The zero-order valence-electron chi connectivity index (χ0n) is 8.01. The van der Waals surface area contributed by atoms with Gasteiger partial charge in [-0.3, -0.25) is 0 Å². The molecule has 0 amide bonds. The first kappa shape index (κ1) is 12.1. The molecule has 0 atom stereocenters. The molecule has 1 aromatic carbocycles. The van der Waals surface area contributed by atoms with Gasteiger partial charge in [0.2, 0.25) is 10.0 Å². The molecule has 0 saturated heterocycles. The molecule has 0 fully saturated rings. The highest BCUT2D eigenvalue weighted by atomic mass is 32.2. The molecule has 6 heteroatoms. The van der Waals surface area contributed by atoms with Crippen LogP contribution in [0, 0.1) is 0 Å². The van der Waals surface area contributed by atoms with E-state index in [0.717, 1.165) is 0 Å². The molecule has 4 nitrogen and oxygen atoms in total. The SMILES string of the molecule is NC(=S)CCNS(=O)(=O)c1ccccc1. The molecule has 3 N–H and O–H groups in total. The van der Waals surface area contributed by atoms with E-state index in [1.165, 1.54) is 12.1 Å². The van der Waals surface area contributed by atoms with Crippen molar-refractivity contribution in [3.8, 4) is 0 Å². The smallest absolute Gasteiger partial charge is 0.240 e. The number of nitrogens with two attached hydrogens (primary N) is 1. The van der Waals surface area contributed by atoms with Crippen LogP contribution in [0.15, 0.2) is 35.2 Å². The first-order valence-corrected chi connectivity index (χ1v) is 6.24. The average molecular weight is 244 g/mol. The minimum Gasteiger partial charge on any atom is -0.393 e. The molecule has 1 aromatic rings. The van der Waals surface area contributed by atoms with E-state index < -0.39 is 10.0 Å². The number of hydrogen-bond donors (Lipinski definition) is 2. The van der Waals surface area contributed by atoms with Gasteiger partial charge in [0.1, 0.15) is 0 Å². The van der Waals surface area contributed by atoms with E-state index in [4.69, 9.17) is 5.73 Å². The molecule has 0 spiro atoms. The van der Waals surface area contributed by atoms with Crippen LogP contribution in [0.1, 0.15) is 6.42 Å². The fraction of sp³-hybridized carbons (Fsp3) is 0.222. The third kappa shape index (κ3) is 3.94. The Balaban J connectivity index is 2.65. The maximum atomic E-state index is 11.6. The summed E-state index contributed by atoms with van der Waals surface area (Å²) >= 11 is 4.64. The normalized spacial score (nSPS) is 11.2. The molecule has 1 rings (SSSR count). The van der Waals surface area contributed by atoms with E-state index >= 15 is 0 Å². The third-order valence-electron chi connectivity index (χ3n) is 1.72. The Kier molecular flexibility index (Phi) is 4.19. The Labute approximate surface area is 94.5 Å². The van der Waals surface area contributed by atoms with Gasteiger partial charge in [0.25, 0.3) is 0 Å². The minimum atomic E-state index is -3.42. The second kappa shape index (κ2) is 5.20. The number of hydrogen-bond acceptors (Lipinski definition) is 3. The lowest BCUT2D eigenvalue weighted by Crippen LogP contribution is -2.27. The van der Waals surface area contributed by atoms with Gasteiger partial charge in [0.15, 0.2) is 0 Å². The fourth-order valence-electron chi connectivity index (χ4n) is 0.992. The number of rotatable bonds is 5. The summed E-state index contributed by atoms with van der Waals surface area (Å²) in [6, 6.07) is 8.16. The van der Waals surface area contributed by atoms with Crippen molar-refractivity contribution in [2.75, 3.05) is 6.54 Å². The van der Waals surface area contributed by atoms with Crippen LogP contribution in [0.4, 0.5) is 0 Å². The largest absolute Gasteiger partial charge is 0.393 e. The molecule has 0 aromatic heterocycles. The van der Waals surface area contributed by atoms with Crippen molar-refractivity contribution in [3.63, 3.8) is 0 Å². The van der Waals surface area contributed by atoms with Crippen LogP contribution in [0.3, 0.4) is 0 Å². The van der Waals surface area contributed by atoms with Gasteiger partial charge in [-0.15, -0.1) is 0 Å². The molecule has 0 bridgehead atoms. The average Bonchev–Trinajstić information content (AvgIpc) is 2.18. The molecule has 82 valence electrons. The van der Waals surface area contributed by atoms with Crippen LogP contribution in [0.25, 0.3) is 0 Å².